The first-order valence-corrected chi connectivity index (χ1v) is 7.17. The fourth-order valence-electron chi connectivity index (χ4n) is 2.10. The lowest BCUT2D eigenvalue weighted by Crippen LogP contribution is -2.48. The van der Waals surface area contributed by atoms with Crippen LogP contribution in [0.4, 0.5) is 0 Å². The predicted molar refractivity (Wildman–Crippen MR) is 81.7 cm³/mol. The largest absolute Gasteiger partial charge is 0.496 e. The minimum atomic E-state index is -0.444. The van der Waals surface area contributed by atoms with Crippen LogP contribution in [-0.2, 0) is 11.2 Å². The molecule has 0 fully saturated rings. The Balaban J connectivity index is 2.59. The van der Waals surface area contributed by atoms with Crippen LogP contribution in [0.5, 0.6) is 5.75 Å². The third-order valence-electron chi connectivity index (χ3n) is 3.67. The molecule has 0 bridgehead atoms. The van der Waals surface area contributed by atoms with Crippen LogP contribution in [-0.4, -0.2) is 25.1 Å². The monoisotopic (exact) mass is 278 g/mol. The van der Waals surface area contributed by atoms with E-state index < -0.39 is 6.04 Å². The molecule has 0 heterocycles. The van der Waals surface area contributed by atoms with Crippen molar-refractivity contribution >= 4 is 5.91 Å². The zero-order valence-electron chi connectivity index (χ0n) is 12.8. The van der Waals surface area contributed by atoms with E-state index in [1.807, 2.05) is 45.0 Å². The molecular formula is C16H26N2O2. The number of nitrogens with two attached hydrogens (primary N) is 1. The van der Waals surface area contributed by atoms with Gasteiger partial charge in [-0.25, -0.2) is 0 Å². The van der Waals surface area contributed by atoms with Gasteiger partial charge in [0.05, 0.1) is 13.2 Å². The third kappa shape index (κ3) is 4.53. The number of carbonyl (C=O) groups excluding carboxylic acids is 1. The quantitative estimate of drug-likeness (QED) is 0.803. The van der Waals surface area contributed by atoms with Crippen LogP contribution in [0, 0.1) is 5.92 Å². The lowest BCUT2D eigenvalue weighted by atomic mass is 9.98. The number of hydrogen-bond acceptors (Lipinski definition) is 3. The van der Waals surface area contributed by atoms with E-state index in [0.717, 1.165) is 24.2 Å². The van der Waals surface area contributed by atoms with Crippen molar-refractivity contribution in [3.8, 4) is 5.75 Å². The summed E-state index contributed by atoms with van der Waals surface area (Å²) in [5, 5.41) is 2.98. The molecule has 3 N–H and O–H groups in total. The SMILES string of the molecule is CCC(C)C(N)C(=O)NC(C)Cc1ccccc1OC. The van der Waals surface area contributed by atoms with Crippen LogP contribution in [0.25, 0.3) is 0 Å². The first-order valence-electron chi connectivity index (χ1n) is 7.17. The molecular weight excluding hydrogens is 252 g/mol. The van der Waals surface area contributed by atoms with E-state index in [1.165, 1.54) is 0 Å². The highest BCUT2D eigenvalue weighted by atomic mass is 16.5. The third-order valence-corrected chi connectivity index (χ3v) is 3.67. The van der Waals surface area contributed by atoms with Crippen molar-refractivity contribution in [1.82, 2.24) is 5.32 Å². The fourth-order valence-corrected chi connectivity index (χ4v) is 2.10. The summed E-state index contributed by atoms with van der Waals surface area (Å²) in [6, 6.07) is 7.42. The molecule has 4 nitrogen and oxygen atoms in total. The highest BCUT2D eigenvalue weighted by Crippen LogP contribution is 2.18. The van der Waals surface area contributed by atoms with Crippen LogP contribution in [0.15, 0.2) is 24.3 Å². The molecule has 20 heavy (non-hydrogen) atoms. The van der Waals surface area contributed by atoms with Crippen molar-refractivity contribution < 1.29 is 9.53 Å². The van der Waals surface area contributed by atoms with Gasteiger partial charge in [0, 0.05) is 6.04 Å². The smallest absolute Gasteiger partial charge is 0.237 e. The molecule has 0 aliphatic carbocycles. The van der Waals surface area contributed by atoms with Gasteiger partial charge >= 0.3 is 0 Å². The number of para-hydroxylation sites is 1. The minimum Gasteiger partial charge on any atom is -0.496 e. The first kappa shape index (κ1) is 16.5. The summed E-state index contributed by atoms with van der Waals surface area (Å²) in [5.74, 6) is 0.954. The molecule has 0 saturated heterocycles. The van der Waals surface area contributed by atoms with Gasteiger partial charge in [-0.05, 0) is 30.9 Å². The van der Waals surface area contributed by atoms with Crippen LogP contribution in [0.1, 0.15) is 32.8 Å². The van der Waals surface area contributed by atoms with E-state index in [0.29, 0.717) is 0 Å². The van der Waals surface area contributed by atoms with Crippen molar-refractivity contribution in [2.24, 2.45) is 11.7 Å². The second-order valence-electron chi connectivity index (χ2n) is 5.34. The van der Waals surface area contributed by atoms with Gasteiger partial charge in [0.15, 0.2) is 0 Å². The van der Waals surface area contributed by atoms with Gasteiger partial charge < -0.3 is 15.8 Å². The van der Waals surface area contributed by atoms with Crippen molar-refractivity contribution in [2.75, 3.05) is 7.11 Å². The molecule has 0 radical (unpaired) electrons. The van der Waals surface area contributed by atoms with E-state index in [4.69, 9.17) is 10.5 Å². The number of benzene rings is 1. The van der Waals surface area contributed by atoms with Crippen molar-refractivity contribution in [3.63, 3.8) is 0 Å². The molecule has 3 unspecified atom stereocenters. The average molecular weight is 278 g/mol. The number of methoxy groups -OCH3 is 1. The van der Waals surface area contributed by atoms with Crippen LogP contribution >= 0.6 is 0 Å². The van der Waals surface area contributed by atoms with Crippen LogP contribution < -0.4 is 15.8 Å². The number of rotatable bonds is 7. The predicted octanol–water partition coefficient (Wildman–Crippen LogP) is 2.12. The number of nitrogens with one attached hydrogen (secondary N) is 1. The van der Waals surface area contributed by atoms with E-state index in [9.17, 15) is 4.79 Å². The summed E-state index contributed by atoms with van der Waals surface area (Å²) in [5.41, 5.74) is 7.02. The van der Waals surface area contributed by atoms with Crippen LogP contribution in [0.2, 0.25) is 0 Å². The number of amides is 1. The Labute approximate surface area is 121 Å². The number of hydrogen-bond donors (Lipinski definition) is 2. The fraction of sp³-hybridized carbons (Fsp3) is 0.562. The summed E-state index contributed by atoms with van der Waals surface area (Å²) in [7, 11) is 1.65. The molecule has 0 saturated carbocycles. The average Bonchev–Trinajstić information content (AvgIpc) is 2.45. The molecule has 112 valence electrons. The molecule has 0 aliphatic heterocycles. The highest BCUT2D eigenvalue weighted by molar-refractivity contribution is 5.82. The van der Waals surface area contributed by atoms with Gasteiger partial charge in [0.2, 0.25) is 5.91 Å². The Morgan fingerprint density at radius 3 is 2.60 bits per heavy atom. The molecule has 0 aliphatic rings. The minimum absolute atomic E-state index is 0.0221. The van der Waals surface area contributed by atoms with Gasteiger partial charge in [-0.2, -0.15) is 0 Å². The standard InChI is InChI=1S/C16H26N2O2/c1-5-11(2)15(17)16(19)18-12(3)10-13-8-6-7-9-14(13)20-4/h6-9,11-12,15H,5,10,17H2,1-4H3,(H,18,19). The topological polar surface area (TPSA) is 64.4 Å². The second-order valence-corrected chi connectivity index (χ2v) is 5.34. The Kier molecular flexibility index (Phi) is 6.52. The van der Waals surface area contributed by atoms with Crippen molar-refractivity contribution in [1.29, 1.82) is 0 Å². The zero-order chi connectivity index (χ0) is 15.1. The summed E-state index contributed by atoms with van der Waals surface area (Å²) >= 11 is 0. The molecule has 0 spiro atoms. The normalized spacial score (nSPS) is 15.2. The summed E-state index contributed by atoms with van der Waals surface area (Å²) in [6.07, 6.45) is 1.62. The number of ether oxygens (including phenoxy) is 1. The van der Waals surface area contributed by atoms with Gasteiger partial charge in [-0.1, -0.05) is 38.5 Å². The molecule has 4 heteroatoms. The van der Waals surface area contributed by atoms with Gasteiger partial charge in [-0.3, -0.25) is 4.79 Å². The summed E-state index contributed by atoms with van der Waals surface area (Å²) < 4.78 is 5.32. The van der Waals surface area contributed by atoms with Crippen molar-refractivity contribution in [3.05, 3.63) is 29.8 Å². The van der Waals surface area contributed by atoms with Gasteiger partial charge in [0.25, 0.3) is 0 Å². The maximum atomic E-state index is 12.0. The molecule has 1 aromatic carbocycles. The summed E-state index contributed by atoms with van der Waals surface area (Å²) in [6.45, 7) is 6.01. The Morgan fingerprint density at radius 2 is 2.00 bits per heavy atom. The van der Waals surface area contributed by atoms with Crippen LogP contribution in [0.3, 0.4) is 0 Å². The lowest BCUT2D eigenvalue weighted by Gasteiger charge is -2.21. The Bertz CT molecular complexity index is 434. The molecule has 1 rings (SSSR count). The number of carbonyl (C=O) groups is 1. The lowest BCUT2D eigenvalue weighted by molar-refractivity contribution is -0.124. The van der Waals surface area contributed by atoms with E-state index in [-0.39, 0.29) is 17.9 Å². The molecule has 1 aromatic rings. The molecule has 3 atom stereocenters. The van der Waals surface area contributed by atoms with Gasteiger partial charge in [0.1, 0.15) is 5.75 Å². The summed E-state index contributed by atoms with van der Waals surface area (Å²) in [4.78, 5) is 12.0. The maximum Gasteiger partial charge on any atom is 0.237 e. The van der Waals surface area contributed by atoms with Gasteiger partial charge in [-0.15, -0.1) is 0 Å². The molecule has 0 aromatic heterocycles. The van der Waals surface area contributed by atoms with Crippen molar-refractivity contribution in [2.45, 2.75) is 45.7 Å². The highest BCUT2D eigenvalue weighted by Gasteiger charge is 2.21. The second kappa shape index (κ2) is 7.90. The van der Waals surface area contributed by atoms with E-state index in [2.05, 4.69) is 5.32 Å². The van der Waals surface area contributed by atoms with E-state index >= 15 is 0 Å². The van der Waals surface area contributed by atoms with E-state index in [1.54, 1.807) is 7.11 Å². The first-order chi connectivity index (χ1) is 9.49. The molecule has 1 amide bonds. The maximum absolute atomic E-state index is 12.0. The Hall–Kier alpha value is -1.55. The Morgan fingerprint density at radius 1 is 1.35 bits per heavy atom. The zero-order valence-corrected chi connectivity index (χ0v) is 12.8.